The van der Waals surface area contributed by atoms with Crippen LogP contribution in [0.25, 0.3) is 0 Å². The molecule has 5 aliphatic carbocycles. The molecule has 0 aromatic carbocycles. The van der Waals surface area contributed by atoms with Crippen LogP contribution in [0.4, 0.5) is 0 Å². The molecule has 5 aliphatic rings. The van der Waals surface area contributed by atoms with Gasteiger partial charge in [-0.1, -0.05) is 0 Å². The number of rotatable bonds is 4. The van der Waals surface area contributed by atoms with Gasteiger partial charge in [-0.25, -0.2) is 0 Å². The molecule has 132 valence electrons. The quantitative estimate of drug-likeness (QED) is 0.587. The summed E-state index contributed by atoms with van der Waals surface area (Å²) in [6, 6.07) is 0. The van der Waals surface area contributed by atoms with E-state index in [0.29, 0.717) is 36.9 Å². The lowest BCUT2D eigenvalue weighted by Crippen LogP contribution is -2.60. The van der Waals surface area contributed by atoms with E-state index in [1.807, 2.05) is 13.8 Å². The van der Waals surface area contributed by atoms with Crippen molar-refractivity contribution in [2.24, 2.45) is 59.2 Å². The van der Waals surface area contributed by atoms with Gasteiger partial charge < -0.3 is 9.47 Å². The minimum Gasteiger partial charge on any atom is -0.466 e. The van der Waals surface area contributed by atoms with Crippen molar-refractivity contribution in [1.82, 2.24) is 0 Å². The van der Waals surface area contributed by atoms with Crippen LogP contribution in [-0.2, 0) is 19.1 Å². The van der Waals surface area contributed by atoms with Crippen molar-refractivity contribution in [3.8, 4) is 0 Å². The highest BCUT2D eigenvalue weighted by atomic mass is 16.5. The zero-order valence-corrected chi connectivity index (χ0v) is 14.6. The van der Waals surface area contributed by atoms with E-state index in [0.717, 1.165) is 23.7 Å². The molecule has 0 aromatic rings. The molecule has 5 saturated carbocycles. The molecule has 0 aliphatic heterocycles. The van der Waals surface area contributed by atoms with E-state index < -0.39 is 0 Å². The van der Waals surface area contributed by atoms with Gasteiger partial charge in [0.1, 0.15) is 0 Å². The summed E-state index contributed by atoms with van der Waals surface area (Å²) in [5, 5.41) is 0. The summed E-state index contributed by atoms with van der Waals surface area (Å²) < 4.78 is 10.7. The molecule has 0 aromatic heterocycles. The zero-order chi connectivity index (χ0) is 16.6. The van der Waals surface area contributed by atoms with Gasteiger partial charge in [0.25, 0.3) is 0 Å². The normalized spacial score (nSPS) is 52.6. The fourth-order valence-electron chi connectivity index (χ4n) is 8.11. The molecule has 0 amide bonds. The predicted molar refractivity (Wildman–Crippen MR) is 86.6 cm³/mol. The summed E-state index contributed by atoms with van der Waals surface area (Å²) in [7, 11) is 0. The fourth-order valence-corrected chi connectivity index (χ4v) is 8.11. The summed E-state index contributed by atoms with van der Waals surface area (Å²) >= 11 is 0. The highest BCUT2D eigenvalue weighted by Gasteiger charge is 2.75. The van der Waals surface area contributed by atoms with Crippen LogP contribution in [-0.4, -0.2) is 25.2 Å². The average molecular weight is 332 g/mol. The number of hydrogen-bond donors (Lipinski definition) is 0. The molecule has 4 nitrogen and oxygen atoms in total. The minimum absolute atomic E-state index is 0.149. The summed E-state index contributed by atoms with van der Waals surface area (Å²) in [5.41, 5.74) is 0. The SMILES string of the molecule is CCOC(=O)C1C(C(=O)OCC)C2C3CC(C4C5CCC(C5)C34)C12. The van der Waals surface area contributed by atoms with Crippen molar-refractivity contribution < 1.29 is 19.1 Å². The van der Waals surface area contributed by atoms with Crippen LogP contribution in [0.3, 0.4) is 0 Å². The molecular weight excluding hydrogens is 304 g/mol. The number of hydrogen-bond acceptors (Lipinski definition) is 4. The molecule has 0 N–H and O–H groups in total. The summed E-state index contributed by atoms with van der Waals surface area (Å²) in [6.07, 6.45) is 5.47. The molecule has 5 fully saturated rings. The maximum absolute atomic E-state index is 12.6. The molecule has 4 heteroatoms. The van der Waals surface area contributed by atoms with Gasteiger partial charge in [0.2, 0.25) is 0 Å². The van der Waals surface area contributed by atoms with Crippen LogP contribution >= 0.6 is 0 Å². The Bertz CT molecular complexity index is 524. The van der Waals surface area contributed by atoms with Crippen LogP contribution in [0.5, 0.6) is 0 Å². The first-order chi connectivity index (χ1) is 11.7. The van der Waals surface area contributed by atoms with Crippen LogP contribution in [0.2, 0.25) is 0 Å². The van der Waals surface area contributed by atoms with Gasteiger partial charge in [-0.15, -0.1) is 0 Å². The predicted octanol–water partition coefficient (Wildman–Crippen LogP) is 2.90. The Kier molecular flexibility index (Phi) is 3.31. The van der Waals surface area contributed by atoms with Crippen LogP contribution < -0.4 is 0 Å². The summed E-state index contributed by atoms with van der Waals surface area (Å²) in [5.74, 6) is 4.85. The van der Waals surface area contributed by atoms with Crippen molar-refractivity contribution in [2.75, 3.05) is 13.2 Å². The first-order valence-corrected chi connectivity index (χ1v) is 10.0. The molecule has 5 rings (SSSR count). The van der Waals surface area contributed by atoms with Crippen molar-refractivity contribution in [3.05, 3.63) is 0 Å². The molecule has 10 unspecified atom stereocenters. The third-order valence-corrected chi connectivity index (χ3v) is 8.35. The monoisotopic (exact) mass is 332 g/mol. The van der Waals surface area contributed by atoms with Gasteiger partial charge >= 0.3 is 11.9 Å². The minimum atomic E-state index is -0.232. The Morgan fingerprint density at radius 2 is 1.21 bits per heavy atom. The topological polar surface area (TPSA) is 52.6 Å². The molecule has 0 radical (unpaired) electrons. The largest absolute Gasteiger partial charge is 0.466 e. The number of carbonyl (C=O) groups is 2. The Hall–Kier alpha value is -1.06. The van der Waals surface area contributed by atoms with Crippen molar-refractivity contribution in [3.63, 3.8) is 0 Å². The van der Waals surface area contributed by atoms with E-state index in [9.17, 15) is 9.59 Å². The Morgan fingerprint density at radius 3 is 1.62 bits per heavy atom. The molecule has 0 saturated heterocycles. The second-order valence-electron chi connectivity index (χ2n) is 8.76. The molecule has 24 heavy (non-hydrogen) atoms. The van der Waals surface area contributed by atoms with E-state index in [1.165, 1.54) is 25.7 Å². The lowest BCUT2D eigenvalue weighted by molar-refractivity contribution is -0.192. The van der Waals surface area contributed by atoms with Gasteiger partial charge in [-0.3, -0.25) is 9.59 Å². The zero-order valence-electron chi connectivity index (χ0n) is 14.6. The molecule has 0 spiro atoms. The summed E-state index contributed by atoms with van der Waals surface area (Å²) in [4.78, 5) is 25.2. The molecule has 0 heterocycles. The standard InChI is InChI=1S/C20H28O4/c1-3-23-19(21)17-15-11-8-12(16(15)18(17)20(22)24-4-2)14-10-6-5-9(7-10)13(11)14/h9-18H,3-8H2,1-2H3. The third-order valence-electron chi connectivity index (χ3n) is 8.35. The fraction of sp³-hybridized carbons (Fsp3) is 0.900. The second kappa shape index (κ2) is 5.22. The van der Waals surface area contributed by atoms with E-state index >= 15 is 0 Å². The number of fused-ring (bicyclic) bond motifs is 12. The van der Waals surface area contributed by atoms with Gasteiger partial charge in [0, 0.05) is 0 Å². The van der Waals surface area contributed by atoms with Crippen molar-refractivity contribution >= 4 is 11.9 Å². The van der Waals surface area contributed by atoms with Crippen LogP contribution in [0, 0.1) is 59.2 Å². The summed E-state index contributed by atoms with van der Waals surface area (Å²) in [6.45, 7) is 4.49. The van der Waals surface area contributed by atoms with Gasteiger partial charge in [0.05, 0.1) is 25.0 Å². The average Bonchev–Trinajstić information content (AvgIpc) is 3.24. The maximum atomic E-state index is 12.6. The Balaban J connectivity index is 1.45. The first-order valence-electron chi connectivity index (χ1n) is 10.0. The van der Waals surface area contributed by atoms with Gasteiger partial charge in [-0.05, 0) is 86.9 Å². The van der Waals surface area contributed by atoms with E-state index in [4.69, 9.17) is 9.47 Å². The number of esters is 2. The van der Waals surface area contributed by atoms with E-state index in [-0.39, 0.29) is 23.8 Å². The van der Waals surface area contributed by atoms with Crippen LogP contribution in [0.15, 0.2) is 0 Å². The molecule has 4 bridgehead atoms. The maximum Gasteiger partial charge on any atom is 0.310 e. The van der Waals surface area contributed by atoms with Crippen molar-refractivity contribution in [2.45, 2.75) is 39.5 Å². The highest BCUT2D eigenvalue weighted by Crippen LogP contribution is 2.76. The van der Waals surface area contributed by atoms with Crippen LogP contribution in [0.1, 0.15) is 39.5 Å². The molecular formula is C20H28O4. The smallest absolute Gasteiger partial charge is 0.310 e. The lowest BCUT2D eigenvalue weighted by atomic mass is 9.47. The highest BCUT2D eigenvalue weighted by molar-refractivity contribution is 5.85. The lowest BCUT2D eigenvalue weighted by Gasteiger charge is -2.56. The Morgan fingerprint density at radius 1 is 0.750 bits per heavy atom. The first kappa shape index (κ1) is 15.2. The number of ether oxygens (including phenoxy) is 2. The Labute approximate surface area is 143 Å². The number of carbonyl (C=O) groups excluding carboxylic acids is 2. The van der Waals surface area contributed by atoms with Gasteiger partial charge in [-0.2, -0.15) is 0 Å². The van der Waals surface area contributed by atoms with E-state index in [1.54, 1.807) is 0 Å². The third kappa shape index (κ3) is 1.70. The molecule has 10 atom stereocenters. The van der Waals surface area contributed by atoms with Crippen molar-refractivity contribution in [1.29, 1.82) is 0 Å². The van der Waals surface area contributed by atoms with E-state index in [2.05, 4.69) is 0 Å². The van der Waals surface area contributed by atoms with Gasteiger partial charge in [0.15, 0.2) is 0 Å². The second-order valence-corrected chi connectivity index (χ2v) is 8.76.